The lowest BCUT2D eigenvalue weighted by Gasteiger charge is -2.05. The van der Waals surface area contributed by atoms with Crippen LogP contribution in [0, 0.1) is 0 Å². The van der Waals surface area contributed by atoms with E-state index in [1.54, 1.807) is 13.3 Å². The van der Waals surface area contributed by atoms with Gasteiger partial charge in [-0.1, -0.05) is 18.2 Å². The molecule has 0 aliphatic rings. The van der Waals surface area contributed by atoms with E-state index in [0.717, 1.165) is 16.6 Å². The summed E-state index contributed by atoms with van der Waals surface area (Å²) >= 11 is 0. The third kappa shape index (κ3) is 2.64. The Morgan fingerprint density at radius 1 is 1.05 bits per heavy atom. The van der Waals surface area contributed by atoms with E-state index in [1.165, 1.54) is 0 Å². The second-order valence-electron chi connectivity index (χ2n) is 4.19. The molecule has 0 aliphatic heterocycles. The molecule has 0 radical (unpaired) electrons. The Morgan fingerprint density at radius 2 is 1.90 bits per heavy atom. The van der Waals surface area contributed by atoms with Crippen LogP contribution in [0.4, 0.5) is 5.95 Å². The first kappa shape index (κ1) is 12.3. The Labute approximate surface area is 115 Å². The van der Waals surface area contributed by atoms with Crippen molar-refractivity contribution >= 4 is 17.0 Å². The highest BCUT2D eigenvalue weighted by Gasteiger charge is 2.01. The van der Waals surface area contributed by atoms with E-state index in [9.17, 15) is 0 Å². The van der Waals surface area contributed by atoms with Gasteiger partial charge in [-0.3, -0.25) is 0 Å². The van der Waals surface area contributed by atoms with Crippen LogP contribution in [0.3, 0.4) is 0 Å². The summed E-state index contributed by atoms with van der Waals surface area (Å²) in [7, 11) is 1.59. The molecule has 100 valence electrons. The van der Waals surface area contributed by atoms with Crippen molar-refractivity contribution in [2.75, 3.05) is 12.4 Å². The Bertz CT molecular complexity index is 714. The predicted molar refractivity (Wildman–Crippen MR) is 75.4 cm³/mol. The van der Waals surface area contributed by atoms with E-state index in [-0.39, 0.29) is 0 Å². The van der Waals surface area contributed by atoms with Crippen molar-refractivity contribution in [3.05, 3.63) is 48.2 Å². The Balaban J connectivity index is 1.72. The first-order chi connectivity index (χ1) is 9.85. The maximum absolute atomic E-state index is 5.01. The van der Waals surface area contributed by atoms with Crippen molar-refractivity contribution in [2.24, 2.45) is 0 Å². The van der Waals surface area contributed by atoms with Crippen LogP contribution in [0.15, 0.2) is 42.6 Å². The lowest BCUT2D eigenvalue weighted by molar-refractivity contribution is 0.397. The zero-order valence-corrected chi connectivity index (χ0v) is 10.9. The Hall–Kier alpha value is -2.76. The molecule has 2 aromatic heterocycles. The molecule has 0 bridgehead atoms. The normalized spacial score (nSPS) is 10.4. The molecule has 1 N–H and O–H groups in total. The molecule has 6 heteroatoms. The number of nitrogens with one attached hydrogen (secondary N) is 1. The third-order valence-corrected chi connectivity index (χ3v) is 2.82. The second-order valence-corrected chi connectivity index (χ2v) is 4.19. The number of pyridine rings is 1. The molecule has 0 aliphatic carbocycles. The molecule has 0 atom stereocenters. The van der Waals surface area contributed by atoms with Crippen LogP contribution in [0.1, 0.15) is 5.56 Å². The first-order valence-corrected chi connectivity index (χ1v) is 6.17. The average molecular weight is 267 g/mol. The van der Waals surface area contributed by atoms with Crippen molar-refractivity contribution in [1.29, 1.82) is 0 Å². The van der Waals surface area contributed by atoms with E-state index >= 15 is 0 Å². The van der Waals surface area contributed by atoms with Crippen molar-refractivity contribution in [3.8, 4) is 5.88 Å². The number of nitrogens with zero attached hydrogens (tertiary/aromatic N) is 4. The molecule has 3 rings (SSSR count). The van der Waals surface area contributed by atoms with Crippen LogP contribution in [-0.2, 0) is 6.54 Å². The van der Waals surface area contributed by atoms with Gasteiger partial charge in [0.2, 0.25) is 11.8 Å². The number of benzene rings is 1. The molecule has 0 amide bonds. The molecular weight excluding hydrogens is 254 g/mol. The molecule has 0 spiro atoms. The minimum atomic E-state index is 0.500. The number of methoxy groups -OCH3 is 1. The molecule has 0 saturated heterocycles. The molecule has 0 unspecified atom stereocenters. The summed E-state index contributed by atoms with van der Waals surface area (Å²) in [5.74, 6) is 1.09. The molecule has 0 saturated carbocycles. The Kier molecular flexibility index (Phi) is 3.36. The lowest BCUT2D eigenvalue weighted by atomic mass is 10.3. The van der Waals surface area contributed by atoms with Crippen LogP contribution < -0.4 is 10.1 Å². The number of hydrogen-bond donors (Lipinski definition) is 1. The molecular formula is C14H13N5O. The second kappa shape index (κ2) is 5.48. The van der Waals surface area contributed by atoms with Gasteiger partial charge in [-0.15, -0.1) is 10.2 Å². The Morgan fingerprint density at radius 3 is 2.65 bits per heavy atom. The quantitative estimate of drug-likeness (QED) is 0.779. The fraction of sp³-hybridized carbons (Fsp3) is 0.143. The number of anilines is 1. The molecule has 3 aromatic rings. The van der Waals surface area contributed by atoms with Gasteiger partial charge in [0.15, 0.2) is 0 Å². The van der Waals surface area contributed by atoms with E-state index in [0.29, 0.717) is 18.4 Å². The van der Waals surface area contributed by atoms with Crippen LogP contribution in [0.25, 0.3) is 11.0 Å². The SMILES string of the molecule is COc1ccc(CNc2nnc3ccccc3n2)cn1. The van der Waals surface area contributed by atoms with Crippen LogP contribution >= 0.6 is 0 Å². The molecule has 6 nitrogen and oxygen atoms in total. The monoisotopic (exact) mass is 267 g/mol. The van der Waals surface area contributed by atoms with Gasteiger partial charge in [0, 0.05) is 18.8 Å². The standard InChI is InChI=1S/C14H13N5O/c1-20-13-7-6-10(8-15-13)9-16-14-17-11-4-2-3-5-12(11)18-19-14/h2-8H,9H2,1H3,(H,16,17,19). The van der Waals surface area contributed by atoms with Gasteiger partial charge in [0.25, 0.3) is 0 Å². The lowest BCUT2D eigenvalue weighted by Crippen LogP contribution is -2.05. The topological polar surface area (TPSA) is 72.8 Å². The number of rotatable bonds is 4. The summed E-state index contributed by atoms with van der Waals surface area (Å²) in [6, 6.07) is 11.4. The molecule has 1 aromatic carbocycles. The number of fused-ring (bicyclic) bond motifs is 1. The summed E-state index contributed by atoms with van der Waals surface area (Å²) in [4.78, 5) is 8.53. The smallest absolute Gasteiger partial charge is 0.243 e. The van der Waals surface area contributed by atoms with Gasteiger partial charge in [0.1, 0.15) is 5.52 Å². The largest absolute Gasteiger partial charge is 0.481 e. The minimum Gasteiger partial charge on any atom is -0.481 e. The predicted octanol–water partition coefficient (Wildman–Crippen LogP) is 2.04. The summed E-state index contributed by atoms with van der Waals surface area (Å²) in [6.07, 6.45) is 1.75. The zero-order valence-electron chi connectivity index (χ0n) is 10.9. The van der Waals surface area contributed by atoms with Crippen molar-refractivity contribution in [3.63, 3.8) is 0 Å². The zero-order chi connectivity index (χ0) is 13.8. The summed E-state index contributed by atoms with van der Waals surface area (Å²) < 4.78 is 5.01. The minimum absolute atomic E-state index is 0.500. The third-order valence-electron chi connectivity index (χ3n) is 2.82. The maximum Gasteiger partial charge on any atom is 0.243 e. The van der Waals surface area contributed by atoms with E-state index in [4.69, 9.17) is 4.74 Å². The van der Waals surface area contributed by atoms with E-state index in [2.05, 4.69) is 25.5 Å². The highest BCUT2D eigenvalue weighted by atomic mass is 16.5. The summed E-state index contributed by atoms with van der Waals surface area (Å²) in [6.45, 7) is 0.580. The molecule has 2 heterocycles. The average Bonchev–Trinajstić information content (AvgIpc) is 2.53. The molecule has 20 heavy (non-hydrogen) atoms. The van der Waals surface area contributed by atoms with Crippen molar-refractivity contribution < 1.29 is 4.74 Å². The van der Waals surface area contributed by atoms with Crippen LogP contribution in [-0.4, -0.2) is 27.3 Å². The summed E-state index contributed by atoms with van der Waals surface area (Å²) in [5.41, 5.74) is 2.62. The van der Waals surface area contributed by atoms with Crippen LogP contribution in [0.5, 0.6) is 5.88 Å². The van der Waals surface area contributed by atoms with Gasteiger partial charge >= 0.3 is 0 Å². The number of hydrogen-bond acceptors (Lipinski definition) is 6. The van der Waals surface area contributed by atoms with Gasteiger partial charge in [-0.25, -0.2) is 9.97 Å². The van der Waals surface area contributed by atoms with Crippen LogP contribution in [0.2, 0.25) is 0 Å². The summed E-state index contributed by atoms with van der Waals surface area (Å²) in [5, 5.41) is 11.3. The fourth-order valence-corrected chi connectivity index (χ4v) is 1.77. The van der Waals surface area contributed by atoms with Crippen molar-refractivity contribution in [1.82, 2.24) is 20.2 Å². The van der Waals surface area contributed by atoms with Crippen molar-refractivity contribution in [2.45, 2.75) is 6.54 Å². The highest BCUT2D eigenvalue weighted by molar-refractivity contribution is 5.73. The van der Waals surface area contributed by atoms with E-state index < -0.39 is 0 Å². The van der Waals surface area contributed by atoms with Gasteiger partial charge in [-0.05, 0) is 17.7 Å². The fourth-order valence-electron chi connectivity index (χ4n) is 1.77. The molecule has 0 fully saturated rings. The van der Waals surface area contributed by atoms with Gasteiger partial charge in [-0.2, -0.15) is 0 Å². The number of ether oxygens (including phenoxy) is 1. The highest BCUT2D eigenvalue weighted by Crippen LogP contribution is 2.11. The maximum atomic E-state index is 5.01. The number of para-hydroxylation sites is 1. The van der Waals surface area contributed by atoms with E-state index in [1.807, 2.05) is 36.4 Å². The number of aromatic nitrogens is 4. The first-order valence-electron chi connectivity index (χ1n) is 6.17. The van der Waals surface area contributed by atoms with Gasteiger partial charge in [0.05, 0.1) is 12.6 Å². The van der Waals surface area contributed by atoms with Gasteiger partial charge < -0.3 is 10.1 Å².